The van der Waals surface area contributed by atoms with Crippen molar-refractivity contribution in [2.24, 2.45) is 0 Å². The van der Waals surface area contributed by atoms with Crippen LogP contribution < -0.4 is 14.8 Å². The molecule has 0 radical (unpaired) electrons. The highest BCUT2D eigenvalue weighted by molar-refractivity contribution is 5.93. The molecule has 0 saturated carbocycles. The molecule has 4 aromatic rings. The third kappa shape index (κ3) is 4.57. The molecule has 32 heavy (non-hydrogen) atoms. The fourth-order valence-corrected chi connectivity index (χ4v) is 3.40. The number of rotatable bonds is 9. The number of ether oxygens (including phenoxy) is 3. The van der Waals surface area contributed by atoms with Crippen molar-refractivity contribution in [1.29, 1.82) is 0 Å². The third-order valence-corrected chi connectivity index (χ3v) is 4.91. The number of fused-ring (bicyclic) bond motifs is 1. The zero-order chi connectivity index (χ0) is 22.5. The van der Waals surface area contributed by atoms with Gasteiger partial charge < -0.3 is 28.5 Å². The Morgan fingerprint density at radius 3 is 2.75 bits per heavy atom. The minimum Gasteiger partial charge on any atom is -0.496 e. The molecule has 0 aliphatic rings. The van der Waals surface area contributed by atoms with Crippen LogP contribution in [0.5, 0.6) is 11.5 Å². The highest BCUT2D eigenvalue weighted by Crippen LogP contribution is 2.32. The Morgan fingerprint density at radius 2 is 2.00 bits per heavy atom. The number of methoxy groups -OCH3 is 2. The summed E-state index contributed by atoms with van der Waals surface area (Å²) in [4.78, 5) is 12.5. The van der Waals surface area contributed by atoms with Crippen LogP contribution in [0.3, 0.4) is 0 Å². The van der Waals surface area contributed by atoms with E-state index in [9.17, 15) is 4.79 Å². The maximum atomic E-state index is 12.5. The van der Waals surface area contributed by atoms with Crippen LogP contribution in [-0.4, -0.2) is 48.1 Å². The average molecular weight is 436 g/mol. The van der Waals surface area contributed by atoms with E-state index >= 15 is 0 Å². The number of carbonyl (C=O) groups is 1. The van der Waals surface area contributed by atoms with E-state index in [1.807, 2.05) is 30.5 Å². The molecule has 0 spiro atoms. The van der Waals surface area contributed by atoms with Gasteiger partial charge in [-0.15, -0.1) is 10.2 Å². The van der Waals surface area contributed by atoms with Gasteiger partial charge in [-0.25, -0.2) is 0 Å². The van der Waals surface area contributed by atoms with Gasteiger partial charge in [-0.2, -0.15) is 0 Å². The van der Waals surface area contributed by atoms with E-state index in [2.05, 4.69) is 20.1 Å². The van der Waals surface area contributed by atoms with Crippen LogP contribution in [0.2, 0.25) is 0 Å². The lowest BCUT2D eigenvalue weighted by Crippen LogP contribution is -2.20. The van der Waals surface area contributed by atoms with Gasteiger partial charge in [-0.3, -0.25) is 4.79 Å². The van der Waals surface area contributed by atoms with Gasteiger partial charge in [0.05, 0.1) is 24.8 Å². The lowest BCUT2D eigenvalue weighted by molar-refractivity contribution is -0.118. The molecule has 4 rings (SSSR count). The number of hydrogen-bond donors (Lipinski definition) is 1. The molecule has 0 atom stereocenters. The van der Waals surface area contributed by atoms with Crippen molar-refractivity contribution in [1.82, 2.24) is 14.8 Å². The first-order chi connectivity index (χ1) is 15.6. The van der Waals surface area contributed by atoms with Gasteiger partial charge in [-0.1, -0.05) is 6.07 Å². The van der Waals surface area contributed by atoms with Gasteiger partial charge in [-0.05, 0) is 36.4 Å². The second-order valence-corrected chi connectivity index (χ2v) is 7.07. The normalized spacial score (nSPS) is 11.0. The minimum atomic E-state index is -0.293. The van der Waals surface area contributed by atoms with Crippen molar-refractivity contribution in [3.8, 4) is 23.0 Å². The summed E-state index contributed by atoms with van der Waals surface area (Å²) in [6, 6.07) is 12.9. The summed E-state index contributed by atoms with van der Waals surface area (Å²) < 4.78 is 23.9. The molecule has 9 nitrogen and oxygen atoms in total. The van der Waals surface area contributed by atoms with E-state index in [1.165, 1.54) is 0 Å². The lowest BCUT2D eigenvalue weighted by atomic mass is 10.1. The first-order valence-corrected chi connectivity index (χ1v) is 10.1. The van der Waals surface area contributed by atoms with E-state index in [4.69, 9.17) is 18.6 Å². The van der Waals surface area contributed by atoms with Crippen LogP contribution in [0.15, 0.2) is 53.1 Å². The van der Waals surface area contributed by atoms with Gasteiger partial charge in [0.25, 0.3) is 11.8 Å². The van der Waals surface area contributed by atoms with Gasteiger partial charge in [0, 0.05) is 37.8 Å². The van der Waals surface area contributed by atoms with Crippen molar-refractivity contribution >= 4 is 22.5 Å². The quantitative estimate of drug-likeness (QED) is 0.427. The largest absolute Gasteiger partial charge is 0.496 e. The molecule has 0 aliphatic heterocycles. The predicted molar refractivity (Wildman–Crippen MR) is 119 cm³/mol. The summed E-state index contributed by atoms with van der Waals surface area (Å²) in [6.45, 7) is 2.93. The van der Waals surface area contributed by atoms with Crippen LogP contribution in [0.1, 0.15) is 5.89 Å². The Balaban J connectivity index is 1.45. The number of amides is 1. The fourth-order valence-electron chi connectivity index (χ4n) is 3.40. The van der Waals surface area contributed by atoms with E-state index in [1.54, 1.807) is 39.3 Å². The molecule has 9 heteroatoms. The van der Waals surface area contributed by atoms with Crippen LogP contribution in [0, 0.1) is 6.92 Å². The Bertz CT molecular complexity index is 1230. The SMILES string of the molecule is COCCn1ccc2c(OCC(=O)Nc3ccc(OC)c(-c4nnc(C)o4)c3)cccc21. The van der Waals surface area contributed by atoms with Crippen molar-refractivity contribution < 1.29 is 23.4 Å². The number of anilines is 1. The Kier molecular flexibility index (Phi) is 6.37. The molecule has 0 fully saturated rings. The summed E-state index contributed by atoms with van der Waals surface area (Å²) in [7, 11) is 3.23. The summed E-state index contributed by atoms with van der Waals surface area (Å²) in [5, 5.41) is 11.6. The number of nitrogens with one attached hydrogen (secondary N) is 1. The maximum Gasteiger partial charge on any atom is 0.262 e. The molecule has 2 aromatic heterocycles. The summed E-state index contributed by atoms with van der Waals surface area (Å²) >= 11 is 0. The molecule has 0 unspecified atom stereocenters. The van der Waals surface area contributed by atoms with E-state index in [-0.39, 0.29) is 12.5 Å². The summed E-state index contributed by atoms with van der Waals surface area (Å²) in [6.07, 6.45) is 1.98. The van der Waals surface area contributed by atoms with E-state index in [0.29, 0.717) is 41.1 Å². The smallest absolute Gasteiger partial charge is 0.262 e. The van der Waals surface area contributed by atoms with Gasteiger partial charge in [0.15, 0.2) is 6.61 Å². The number of benzene rings is 2. The molecule has 0 aliphatic carbocycles. The molecule has 1 N–H and O–H groups in total. The lowest BCUT2D eigenvalue weighted by Gasteiger charge is -2.11. The standard InChI is InChI=1S/C23H24N4O5/c1-15-25-26-23(32-15)18-13-16(7-8-20(18)30-3)24-22(28)14-31-21-6-4-5-19-17(21)9-10-27(19)11-12-29-2/h4-10,13H,11-12,14H2,1-3H3,(H,24,28). The first-order valence-electron chi connectivity index (χ1n) is 10.1. The minimum absolute atomic E-state index is 0.136. The summed E-state index contributed by atoms with van der Waals surface area (Å²) in [5.41, 5.74) is 2.18. The molecule has 2 heterocycles. The number of hydrogen-bond acceptors (Lipinski definition) is 7. The van der Waals surface area contributed by atoms with E-state index < -0.39 is 0 Å². The molecular formula is C23H24N4O5. The predicted octanol–water partition coefficient (Wildman–Crippen LogP) is 3.67. The van der Waals surface area contributed by atoms with Crippen molar-refractivity contribution in [2.45, 2.75) is 13.5 Å². The van der Waals surface area contributed by atoms with Crippen molar-refractivity contribution in [3.63, 3.8) is 0 Å². The molecule has 0 bridgehead atoms. The van der Waals surface area contributed by atoms with Crippen molar-refractivity contribution in [3.05, 3.63) is 54.6 Å². The molecule has 166 valence electrons. The van der Waals surface area contributed by atoms with Crippen molar-refractivity contribution in [2.75, 3.05) is 32.8 Å². The Labute approximate surface area is 184 Å². The Hall–Kier alpha value is -3.85. The van der Waals surface area contributed by atoms with Crippen LogP contribution in [0.4, 0.5) is 5.69 Å². The van der Waals surface area contributed by atoms with Crippen LogP contribution in [-0.2, 0) is 16.1 Å². The second-order valence-electron chi connectivity index (χ2n) is 7.07. The topological polar surface area (TPSA) is 101 Å². The monoisotopic (exact) mass is 436 g/mol. The number of carbonyl (C=O) groups excluding carboxylic acids is 1. The second kappa shape index (κ2) is 9.52. The average Bonchev–Trinajstić information content (AvgIpc) is 3.42. The van der Waals surface area contributed by atoms with Gasteiger partial charge >= 0.3 is 0 Å². The fraction of sp³-hybridized carbons (Fsp3) is 0.261. The van der Waals surface area contributed by atoms with Gasteiger partial charge in [0.1, 0.15) is 11.5 Å². The molecule has 2 aromatic carbocycles. The third-order valence-electron chi connectivity index (χ3n) is 4.91. The molecule has 1 amide bonds. The Morgan fingerprint density at radius 1 is 1.12 bits per heavy atom. The molecular weight excluding hydrogens is 412 g/mol. The summed E-state index contributed by atoms with van der Waals surface area (Å²) in [5.74, 6) is 1.67. The highest BCUT2D eigenvalue weighted by Gasteiger charge is 2.15. The maximum absolute atomic E-state index is 12.5. The first kappa shape index (κ1) is 21.4. The number of nitrogens with zero attached hydrogens (tertiary/aromatic N) is 3. The number of aryl methyl sites for hydroxylation is 1. The van der Waals surface area contributed by atoms with Crippen LogP contribution >= 0.6 is 0 Å². The number of aromatic nitrogens is 3. The van der Waals surface area contributed by atoms with Crippen LogP contribution in [0.25, 0.3) is 22.4 Å². The zero-order valence-corrected chi connectivity index (χ0v) is 18.1. The zero-order valence-electron chi connectivity index (χ0n) is 18.1. The highest BCUT2D eigenvalue weighted by atomic mass is 16.5. The van der Waals surface area contributed by atoms with E-state index in [0.717, 1.165) is 17.4 Å². The van der Waals surface area contributed by atoms with Gasteiger partial charge in [0.2, 0.25) is 5.89 Å². The molecule has 0 saturated heterocycles.